The second-order valence-corrected chi connectivity index (χ2v) is 4.22. The van der Waals surface area contributed by atoms with Gasteiger partial charge in [-0.2, -0.15) is 0 Å². The molecule has 0 heterocycles. The van der Waals surface area contributed by atoms with Crippen LogP contribution in [0.4, 0.5) is 0 Å². The Hall–Kier alpha value is -1.32. The Kier molecular flexibility index (Phi) is 5.61. The fourth-order valence-corrected chi connectivity index (χ4v) is 2.00. The molecule has 0 saturated heterocycles. The second kappa shape index (κ2) is 7.04. The molecular formula is C12H19NO3. The Labute approximate surface area is 95.7 Å². The van der Waals surface area contributed by atoms with Gasteiger partial charge in [0, 0.05) is 18.2 Å². The fraction of sp³-hybridized carbons (Fsp3) is 0.667. The maximum atomic E-state index is 11.4. The van der Waals surface area contributed by atoms with Crippen LogP contribution in [0.15, 0.2) is 12.2 Å². The van der Waals surface area contributed by atoms with Gasteiger partial charge >= 0.3 is 5.97 Å². The third kappa shape index (κ3) is 5.53. The van der Waals surface area contributed by atoms with Crippen LogP contribution in [-0.2, 0) is 9.59 Å². The Morgan fingerprint density at radius 1 is 1.00 bits per heavy atom. The molecule has 16 heavy (non-hydrogen) atoms. The van der Waals surface area contributed by atoms with E-state index in [-0.39, 0.29) is 11.9 Å². The van der Waals surface area contributed by atoms with E-state index < -0.39 is 5.97 Å². The Bertz CT molecular complexity index is 265. The molecule has 0 radical (unpaired) electrons. The van der Waals surface area contributed by atoms with Gasteiger partial charge in [-0.15, -0.1) is 0 Å². The first-order valence-electron chi connectivity index (χ1n) is 5.90. The average molecular weight is 225 g/mol. The number of amides is 1. The lowest BCUT2D eigenvalue weighted by atomic mass is 9.97. The zero-order chi connectivity index (χ0) is 11.8. The molecule has 0 atom stereocenters. The minimum absolute atomic E-state index is 0.214. The molecular weight excluding hydrogens is 206 g/mol. The van der Waals surface area contributed by atoms with E-state index in [0.717, 1.165) is 37.8 Å². The van der Waals surface area contributed by atoms with Crippen molar-refractivity contribution in [3.05, 3.63) is 12.2 Å². The largest absolute Gasteiger partial charge is 0.478 e. The number of hydrogen-bond acceptors (Lipinski definition) is 2. The number of hydrogen-bond donors (Lipinski definition) is 2. The van der Waals surface area contributed by atoms with Crippen LogP contribution < -0.4 is 5.32 Å². The van der Waals surface area contributed by atoms with E-state index in [1.807, 2.05) is 0 Å². The van der Waals surface area contributed by atoms with Gasteiger partial charge in [-0.05, 0) is 12.8 Å². The topological polar surface area (TPSA) is 66.4 Å². The molecule has 1 aliphatic rings. The Morgan fingerprint density at radius 3 is 2.12 bits per heavy atom. The van der Waals surface area contributed by atoms with E-state index in [2.05, 4.69) is 5.32 Å². The summed E-state index contributed by atoms with van der Waals surface area (Å²) in [5.41, 5.74) is 0. The van der Waals surface area contributed by atoms with Gasteiger partial charge in [-0.3, -0.25) is 4.79 Å². The molecule has 0 aromatic rings. The predicted molar refractivity (Wildman–Crippen MR) is 61.0 cm³/mol. The summed E-state index contributed by atoms with van der Waals surface area (Å²) in [6, 6.07) is 0.214. The van der Waals surface area contributed by atoms with Gasteiger partial charge in [0.25, 0.3) is 0 Å². The summed E-state index contributed by atoms with van der Waals surface area (Å²) in [4.78, 5) is 21.6. The third-order valence-corrected chi connectivity index (χ3v) is 2.83. The standard InChI is InChI=1S/C12H19NO3/c14-11(8-9-12(15)16)13-10-6-4-2-1-3-5-7-10/h8-10H,1-7H2,(H,13,14)(H,15,16). The summed E-state index contributed by atoms with van der Waals surface area (Å²) in [7, 11) is 0. The van der Waals surface area contributed by atoms with Gasteiger partial charge in [0.15, 0.2) is 0 Å². The molecule has 1 amide bonds. The first-order valence-corrected chi connectivity index (χ1v) is 5.90. The number of carboxylic acid groups (broad SMARTS) is 1. The van der Waals surface area contributed by atoms with Crippen LogP contribution >= 0.6 is 0 Å². The van der Waals surface area contributed by atoms with Crippen LogP contribution in [0.3, 0.4) is 0 Å². The van der Waals surface area contributed by atoms with Gasteiger partial charge in [0.1, 0.15) is 0 Å². The SMILES string of the molecule is O=C(O)C=CC(=O)NC1CCCCCCC1. The smallest absolute Gasteiger partial charge is 0.328 e. The van der Waals surface area contributed by atoms with E-state index in [1.165, 1.54) is 19.3 Å². The number of carboxylic acids is 1. The number of aliphatic carboxylic acids is 1. The zero-order valence-corrected chi connectivity index (χ0v) is 9.45. The number of carbonyl (C=O) groups is 2. The molecule has 0 aromatic carbocycles. The average Bonchev–Trinajstić information content (AvgIpc) is 2.19. The second-order valence-electron chi connectivity index (χ2n) is 4.22. The zero-order valence-electron chi connectivity index (χ0n) is 9.45. The molecule has 1 rings (SSSR count). The van der Waals surface area contributed by atoms with Crippen molar-refractivity contribution in [1.29, 1.82) is 0 Å². The molecule has 0 spiro atoms. The first-order chi connectivity index (χ1) is 7.68. The number of nitrogens with one attached hydrogen (secondary N) is 1. The molecule has 0 bridgehead atoms. The Morgan fingerprint density at radius 2 is 1.56 bits per heavy atom. The van der Waals surface area contributed by atoms with Gasteiger partial charge in [-0.25, -0.2) is 4.79 Å². The lowest BCUT2D eigenvalue weighted by Gasteiger charge is -2.20. The van der Waals surface area contributed by atoms with Gasteiger partial charge in [-0.1, -0.05) is 32.1 Å². The molecule has 2 N–H and O–H groups in total. The van der Waals surface area contributed by atoms with Gasteiger partial charge in [0.2, 0.25) is 5.91 Å². The number of carbonyl (C=O) groups excluding carboxylic acids is 1. The van der Waals surface area contributed by atoms with Crippen molar-refractivity contribution >= 4 is 11.9 Å². The van der Waals surface area contributed by atoms with Crippen molar-refractivity contribution in [2.45, 2.75) is 51.0 Å². The van der Waals surface area contributed by atoms with E-state index in [4.69, 9.17) is 5.11 Å². The van der Waals surface area contributed by atoms with E-state index in [9.17, 15) is 9.59 Å². The lowest BCUT2D eigenvalue weighted by Crippen LogP contribution is -2.34. The summed E-state index contributed by atoms with van der Waals surface area (Å²) >= 11 is 0. The summed E-state index contributed by atoms with van der Waals surface area (Å²) in [5.74, 6) is -1.39. The summed E-state index contributed by atoms with van der Waals surface area (Å²) in [6.45, 7) is 0. The van der Waals surface area contributed by atoms with Crippen LogP contribution in [0.2, 0.25) is 0 Å². The highest BCUT2D eigenvalue weighted by atomic mass is 16.4. The predicted octanol–water partition coefficient (Wildman–Crippen LogP) is 1.86. The van der Waals surface area contributed by atoms with Crippen molar-refractivity contribution in [2.75, 3.05) is 0 Å². The molecule has 0 aromatic heterocycles. The fourth-order valence-electron chi connectivity index (χ4n) is 2.00. The molecule has 4 heteroatoms. The van der Waals surface area contributed by atoms with Crippen LogP contribution in [0.1, 0.15) is 44.9 Å². The molecule has 0 aliphatic heterocycles. The minimum Gasteiger partial charge on any atom is -0.478 e. The highest BCUT2D eigenvalue weighted by Gasteiger charge is 2.12. The van der Waals surface area contributed by atoms with Crippen LogP contribution in [0.25, 0.3) is 0 Å². The summed E-state index contributed by atoms with van der Waals surface area (Å²) in [6.07, 6.45) is 10.0. The maximum absolute atomic E-state index is 11.4. The van der Waals surface area contributed by atoms with E-state index in [0.29, 0.717) is 0 Å². The van der Waals surface area contributed by atoms with Crippen molar-refractivity contribution < 1.29 is 14.7 Å². The van der Waals surface area contributed by atoms with Crippen LogP contribution in [-0.4, -0.2) is 23.0 Å². The molecule has 1 aliphatic carbocycles. The normalized spacial score (nSPS) is 19.0. The van der Waals surface area contributed by atoms with Crippen molar-refractivity contribution in [1.82, 2.24) is 5.32 Å². The maximum Gasteiger partial charge on any atom is 0.328 e. The first kappa shape index (κ1) is 12.7. The van der Waals surface area contributed by atoms with E-state index >= 15 is 0 Å². The number of rotatable bonds is 3. The molecule has 90 valence electrons. The summed E-state index contributed by atoms with van der Waals surface area (Å²) < 4.78 is 0. The van der Waals surface area contributed by atoms with Crippen molar-refractivity contribution in [3.63, 3.8) is 0 Å². The Balaban J connectivity index is 2.33. The monoisotopic (exact) mass is 225 g/mol. The van der Waals surface area contributed by atoms with Crippen LogP contribution in [0, 0.1) is 0 Å². The molecule has 4 nitrogen and oxygen atoms in total. The molecule has 1 saturated carbocycles. The highest BCUT2D eigenvalue weighted by molar-refractivity contribution is 5.93. The highest BCUT2D eigenvalue weighted by Crippen LogP contribution is 2.16. The molecule has 1 fully saturated rings. The third-order valence-electron chi connectivity index (χ3n) is 2.83. The van der Waals surface area contributed by atoms with Gasteiger partial charge < -0.3 is 10.4 Å². The van der Waals surface area contributed by atoms with Crippen molar-refractivity contribution in [2.24, 2.45) is 0 Å². The quantitative estimate of drug-likeness (QED) is 0.720. The summed E-state index contributed by atoms with van der Waals surface area (Å²) in [5, 5.41) is 11.2. The van der Waals surface area contributed by atoms with Gasteiger partial charge in [0.05, 0.1) is 0 Å². The minimum atomic E-state index is -1.09. The van der Waals surface area contributed by atoms with Crippen molar-refractivity contribution in [3.8, 4) is 0 Å². The lowest BCUT2D eigenvalue weighted by molar-refractivity contribution is -0.131. The molecule has 0 unspecified atom stereocenters. The van der Waals surface area contributed by atoms with E-state index in [1.54, 1.807) is 0 Å². The van der Waals surface area contributed by atoms with Crippen LogP contribution in [0.5, 0.6) is 0 Å².